The highest BCUT2D eigenvalue weighted by atomic mass is 16.3. The monoisotopic (exact) mass is 367 g/mol. The number of pyridine rings is 1. The van der Waals surface area contributed by atoms with Gasteiger partial charge in [0.15, 0.2) is 11.5 Å². The van der Waals surface area contributed by atoms with E-state index in [2.05, 4.69) is 25.3 Å². The number of aliphatic hydroxyl groups is 1. The van der Waals surface area contributed by atoms with Crippen LogP contribution in [0.25, 0.3) is 22.4 Å². The molecule has 4 rings (SSSR count). The normalized spacial score (nSPS) is 18.1. The van der Waals surface area contributed by atoms with Gasteiger partial charge in [0.1, 0.15) is 5.82 Å². The Balaban J connectivity index is 1.57. The van der Waals surface area contributed by atoms with Gasteiger partial charge in [0.2, 0.25) is 0 Å². The standard InChI is InChI=1S/C19H25N7O/c1-25-19-16(12-22-25)18(23-17(24-19)15-4-6-20-7-5-15)21-11-14-3-2-8-26(13-14)9-10-27/h4-7,12,14,27H,2-3,8-11,13H2,1H3,(H,21,23,24). The Bertz CT molecular complexity index is 894. The molecule has 1 atom stereocenters. The van der Waals surface area contributed by atoms with Crippen molar-refractivity contribution in [2.45, 2.75) is 12.8 Å². The van der Waals surface area contributed by atoms with Gasteiger partial charge in [-0.3, -0.25) is 9.67 Å². The van der Waals surface area contributed by atoms with Crippen LogP contribution in [0.2, 0.25) is 0 Å². The third-order valence-electron chi connectivity index (χ3n) is 5.11. The van der Waals surface area contributed by atoms with Gasteiger partial charge in [0.25, 0.3) is 0 Å². The summed E-state index contributed by atoms with van der Waals surface area (Å²) in [7, 11) is 1.89. The van der Waals surface area contributed by atoms with E-state index in [1.54, 1.807) is 17.1 Å². The smallest absolute Gasteiger partial charge is 0.164 e. The molecule has 0 bridgehead atoms. The first-order valence-electron chi connectivity index (χ1n) is 9.42. The second kappa shape index (κ2) is 7.98. The maximum atomic E-state index is 9.18. The molecule has 27 heavy (non-hydrogen) atoms. The Morgan fingerprint density at radius 1 is 1.26 bits per heavy atom. The summed E-state index contributed by atoms with van der Waals surface area (Å²) in [6, 6.07) is 3.82. The molecule has 0 amide bonds. The molecule has 8 heteroatoms. The number of aryl methyl sites for hydroxylation is 1. The van der Waals surface area contributed by atoms with E-state index in [0.717, 1.165) is 48.6 Å². The summed E-state index contributed by atoms with van der Waals surface area (Å²) in [6.45, 7) is 3.90. The fourth-order valence-corrected chi connectivity index (χ4v) is 3.69. The number of β-amino-alcohol motifs (C(OH)–C–C–N with tert-alkyl or cyclic N) is 1. The Hall–Kier alpha value is -2.58. The fourth-order valence-electron chi connectivity index (χ4n) is 3.69. The lowest BCUT2D eigenvalue weighted by Crippen LogP contribution is -2.39. The van der Waals surface area contributed by atoms with Crippen molar-refractivity contribution in [3.63, 3.8) is 0 Å². The molecule has 1 aliphatic heterocycles. The number of aromatic nitrogens is 5. The van der Waals surface area contributed by atoms with E-state index in [1.807, 2.05) is 25.4 Å². The molecule has 0 aliphatic carbocycles. The van der Waals surface area contributed by atoms with E-state index in [9.17, 15) is 5.11 Å². The average molecular weight is 367 g/mol. The Labute approximate surface area is 158 Å². The van der Waals surface area contributed by atoms with Crippen molar-refractivity contribution in [3.05, 3.63) is 30.7 Å². The number of nitrogens with zero attached hydrogens (tertiary/aromatic N) is 6. The number of aliphatic hydroxyl groups excluding tert-OH is 1. The first kappa shape index (κ1) is 17.8. The lowest BCUT2D eigenvalue weighted by molar-refractivity contribution is 0.144. The average Bonchev–Trinajstić information content (AvgIpc) is 3.08. The highest BCUT2D eigenvalue weighted by molar-refractivity contribution is 5.88. The van der Waals surface area contributed by atoms with Crippen LogP contribution in [-0.2, 0) is 7.05 Å². The van der Waals surface area contributed by atoms with Crippen LogP contribution in [0.4, 0.5) is 5.82 Å². The largest absolute Gasteiger partial charge is 0.395 e. The van der Waals surface area contributed by atoms with Crippen LogP contribution in [0.15, 0.2) is 30.7 Å². The van der Waals surface area contributed by atoms with Gasteiger partial charge < -0.3 is 15.3 Å². The molecule has 8 nitrogen and oxygen atoms in total. The Morgan fingerprint density at radius 3 is 2.93 bits per heavy atom. The molecule has 1 saturated heterocycles. The van der Waals surface area contributed by atoms with Gasteiger partial charge in [-0.1, -0.05) is 0 Å². The third-order valence-corrected chi connectivity index (χ3v) is 5.11. The number of anilines is 1. The van der Waals surface area contributed by atoms with Gasteiger partial charge in [0, 0.05) is 44.6 Å². The first-order chi connectivity index (χ1) is 13.2. The van der Waals surface area contributed by atoms with Crippen LogP contribution >= 0.6 is 0 Å². The van der Waals surface area contributed by atoms with Crippen LogP contribution < -0.4 is 5.32 Å². The molecule has 4 heterocycles. The zero-order valence-corrected chi connectivity index (χ0v) is 15.5. The van der Waals surface area contributed by atoms with E-state index >= 15 is 0 Å². The van der Waals surface area contributed by atoms with Gasteiger partial charge in [-0.25, -0.2) is 9.97 Å². The van der Waals surface area contributed by atoms with Gasteiger partial charge in [-0.15, -0.1) is 0 Å². The molecule has 0 saturated carbocycles. The summed E-state index contributed by atoms with van der Waals surface area (Å²) >= 11 is 0. The van der Waals surface area contributed by atoms with E-state index in [0.29, 0.717) is 11.7 Å². The summed E-state index contributed by atoms with van der Waals surface area (Å²) in [5.41, 5.74) is 1.74. The second-order valence-corrected chi connectivity index (χ2v) is 7.05. The summed E-state index contributed by atoms with van der Waals surface area (Å²) in [5.74, 6) is 2.03. The van der Waals surface area contributed by atoms with E-state index in [-0.39, 0.29) is 6.61 Å². The van der Waals surface area contributed by atoms with Gasteiger partial charge in [-0.2, -0.15) is 5.10 Å². The molecule has 0 radical (unpaired) electrons. The van der Waals surface area contributed by atoms with Crippen molar-refractivity contribution in [3.8, 4) is 11.4 Å². The number of piperidine rings is 1. The highest BCUT2D eigenvalue weighted by Crippen LogP contribution is 2.25. The summed E-state index contributed by atoms with van der Waals surface area (Å²) in [5, 5.41) is 18.0. The van der Waals surface area contributed by atoms with Crippen LogP contribution in [-0.4, -0.2) is 67.5 Å². The predicted molar refractivity (Wildman–Crippen MR) is 104 cm³/mol. The second-order valence-electron chi connectivity index (χ2n) is 7.05. The maximum Gasteiger partial charge on any atom is 0.164 e. The molecule has 0 spiro atoms. The zero-order chi connectivity index (χ0) is 18.6. The minimum Gasteiger partial charge on any atom is -0.395 e. The van der Waals surface area contributed by atoms with Crippen molar-refractivity contribution in [2.24, 2.45) is 13.0 Å². The number of hydrogen-bond acceptors (Lipinski definition) is 7. The number of likely N-dealkylation sites (tertiary alicyclic amines) is 1. The molecule has 1 unspecified atom stereocenters. The molecular weight excluding hydrogens is 342 g/mol. The topological polar surface area (TPSA) is 92.0 Å². The van der Waals surface area contributed by atoms with Crippen molar-refractivity contribution >= 4 is 16.9 Å². The minimum absolute atomic E-state index is 0.220. The van der Waals surface area contributed by atoms with Crippen LogP contribution in [0.1, 0.15) is 12.8 Å². The van der Waals surface area contributed by atoms with E-state index in [1.165, 1.54) is 12.8 Å². The predicted octanol–water partition coefficient (Wildman–Crippen LogP) is 1.54. The minimum atomic E-state index is 0.220. The summed E-state index contributed by atoms with van der Waals surface area (Å²) in [4.78, 5) is 15.9. The first-order valence-corrected chi connectivity index (χ1v) is 9.42. The Kier molecular flexibility index (Phi) is 5.26. The lowest BCUT2D eigenvalue weighted by atomic mass is 9.98. The molecule has 1 fully saturated rings. The van der Waals surface area contributed by atoms with Crippen LogP contribution in [0.5, 0.6) is 0 Å². The molecule has 142 valence electrons. The van der Waals surface area contributed by atoms with E-state index in [4.69, 9.17) is 4.98 Å². The van der Waals surface area contributed by atoms with Gasteiger partial charge in [0.05, 0.1) is 18.2 Å². The van der Waals surface area contributed by atoms with Crippen molar-refractivity contribution in [1.29, 1.82) is 0 Å². The summed E-state index contributed by atoms with van der Waals surface area (Å²) < 4.78 is 1.77. The lowest BCUT2D eigenvalue weighted by Gasteiger charge is -2.32. The van der Waals surface area contributed by atoms with Crippen molar-refractivity contribution < 1.29 is 5.11 Å². The van der Waals surface area contributed by atoms with Crippen LogP contribution in [0.3, 0.4) is 0 Å². The maximum absolute atomic E-state index is 9.18. The van der Waals surface area contributed by atoms with Gasteiger partial charge in [-0.05, 0) is 37.4 Å². The number of hydrogen-bond donors (Lipinski definition) is 2. The molecule has 2 N–H and O–H groups in total. The molecule has 0 aromatic carbocycles. The van der Waals surface area contributed by atoms with E-state index < -0.39 is 0 Å². The SMILES string of the molecule is Cn1ncc2c(NCC3CCCN(CCO)C3)nc(-c3ccncc3)nc21. The quantitative estimate of drug-likeness (QED) is 0.683. The van der Waals surface area contributed by atoms with Crippen molar-refractivity contribution in [1.82, 2.24) is 29.6 Å². The van der Waals surface area contributed by atoms with Gasteiger partial charge >= 0.3 is 0 Å². The zero-order valence-electron chi connectivity index (χ0n) is 15.5. The number of fused-ring (bicyclic) bond motifs is 1. The molecule has 1 aliphatic rings. The summed E-state index contributed by atoms with van der Waals surface area (Å²) in [6.07, 6.45) is 7.66. The fraction of sp³-hybridized carbons (Fsp3) is 0.474. The Morgan fingerprint density at radius 2 is 2.11 bits per heavy atom. The number of rotatable bonds is 6. The number of nitrogens with one attached hydrogen (secondary N) is 1. The molecule has 3 aromatic heterocycles. The third kappa shape index (κ3) is 3.91. The molecule has 3 aromatic rings. The molecular formula is C19H25N7O. The highest BCUT2D eigenvalue weighted by Gasteiger charge is 2.20. The van der Waals surface area contributed by atoms with Crippen LogP contribution in [0, 0.1) is 5.92 Å². The van der Waals surface area contributed by atoms with Crippen molar-refractivity contribution in [2.75, 3.05) is 38.1 Å².